The highest BCUT2D eigenvalue weighted by Crippen LogP contribution is 2.28. The number of pyridine rings is 1. The van der Waals surface area contributed by atoms with Crippen LogP contribution in [0.2, 0.25) is 0 Å². The van der Waals surface area contributed by atoms with Crippen molar-refractivity contribution >= 4 is 27.4 Å². The van der Waals surface area contributed by atoms with Gasteiger partial charge in [0.1, 0.15) is 5.82 Å². The summed E-state index contributed by atoms with van der Waals surface area (Å²) in [5, 5.41) is 3.45. The average Bonchev–Trinajstić information content (AvgIpc) is 2.65. The Bertz CT molecular complexity index is 394. The highest BCUT2D eigenvalue weighted by molar-refractivity contribution is 9.10. The van der Waals surface area contributed by atoms with Gasteiger partial charge in [-0.1, -0.05) is 0 Å². The molecular formula is C11H17BrN4. The van der Waals surface area contributed by atoms with Crippen molar-refractivity contribution in [3.8, 4) is 0 Å². The Kier molecular flexibility index (Phi) is 3.35. The molecule has 0 saturated carbocycles. The molecule has 3 N–H and O–H groups in total. The number of likely N-dealkylation sites (tertiary alicyclic amines) is 1. The quantitative estimate of drug-likeness (QED) is 0.870. The second-order valence-electron chi connectivity index (χ2n) is 4.39. The van der Waals surface area contributed by atoms with E-state index in [2.05, 4.69) is 38.2 Å². The first-order chi connectivity index (χ1) is 7.58. The van der Waals surface area contributed by atoms with Gasteiger partial charge in [-0.15, -0.1) is 0 Å². The van der Waals surface area contributed by atoms with Crippen molar-refractivity contribution in [2.45, 2.75) is 19.4 Å². The third-order valence-corrected chi connectivity index (χ3v) is 4.01. The molecule has 0 amide bonds. The summed E-state index contributed by atoms with van der Waals surface area (Å²) in [6, 6.07) is 0.483. The smallest absolute Gasteiger partial charge is 0.140 e. The third kappa shape index (κ3) is 2.30. The van der Waals surface area contributed by atoms with Gasteiger partial charge in [-0.25, -0.2) is 4.98 Å². The molecule has 88 valence electrons. The minimum atomic E-state index is 0.483. The van der Waals surface area contributed by atoms with Gasteiger partial charge in [-0.3, -0.25) is 0 Å². The van der Waals surface area contributed by atoms with E-state index >= 15 is 0 Å². The van der Waals surface area contributed by atoms with Gasteiger partial charge in [-0.2, -0.15) is 0 Å². The number of nitrogens with one attached hydrogen (secondary N) is 1. The lowest BCUT2D eigenvalue weighted by molar-refractivity contribution is 0.414. The van der Waals surface area contributed by atoms with E-state index in [4.69, 9.17) is 5.73 Å². The van der Waals surface area contributed by atoms with Gasteiger partial charge in [0.15, 0.2) is 0 Å². The Morgan fingerprint density at radius 3 is 3.00 bits per heavy atom. The zero-order chi connectivity index (χ0) is 11.7. The zero-order valence-corrected chi connectivity index (χ0v) is 11.2. The van der Waals surface area contributed by atoms with Crippen molar-refractivity contribution in [3.05, 3.63) is 16.2 Å². The number of likely N-dealkylation sites (N-methyl/N-ethyl adjacent to an activating group) is 1. The SMILES string of the molecule is Cc1c(N)cnc(NC2CCN(C)C2)c1Br. The van der Waals surface area contributed by atoms with Crippen LogP contribution in [0.4, 0.5) is 11.5 Å². The Morgan fingerprint density at radius 1 is 1.62 bits per heavy atom. The summed E-state index contributed by atoms with van der Waals surface area (Å²) < 4.78 is 0.974. The van der Waals surface area contributed by atoms with Gasteiger partial charge in [0, 0.05) is 12.6 Å². The number of hydrogen-bond donors (Lipinski definition) is 2. The summed E-state index contributed by atoms with van der Waals surface area (Å²) in [6.07, 6.45) is 2.87. The molecule has 0 spiro atoms. The number of nitrogens with two attached hydrogens (primary N) is 1. The second kappa shape index (κ2) is 4.59. The van der Waals surface area contributed by atoms with Crippen LogP contribution in [-0.2, 0) is 0 Å². The number of aromatic nitrogens is 1. The molecule has 2 rings (SSSR count). The molecule has 1 aliphatic heterocycles. The van der Waals surface area contributed by atoms with Crippen LogP contribution in [0.15, 0.2) is 10.7 Å². The Labute approximate surface area is 104 Å². The van der Waals surface area contributed by atoms with Crippen LogP contribution >= 0.6 is 15.9 Å². The van der Waals surface area contributed by atoms with E-state index < -0.39 is 0 Å². The van der Waals surface area contributed by atoms with Crippen LogP contribution in [0.25, 0.3) is 0 Å². The summed E-state index contributed by atoms with van der Waals surface area (Å²) in [4.78, 5) is 6.64. The summed E-state index contributed by atoms with van der Waals surface area (Å²) in [7, 11) is 2.14. The number of hydrogen-bond acceptors (Lipinski definition) is 4. The van der Waals surface area contributed by atoms with Crippen molar-refractivity contribution in [2.24, 2.45) is 0 Å². The van der Waals surface area contributed by atoms with Gasteiger partial charge in [0.2, 0.25) is 0 Å². The number of halogens is 1. The largest absolute Gasteiger partial charge is 0.397 e. The second-order valence-corrected chi connectivity index (χ2v) is 5.19. The predicted octanol–water partition coefficient (Wildman–Crippen LogP) is 1.85. The van der Waals surface area contributed by atoms with Gasteiger partial charge in [-0.05, 0) is 48.4 Å². The number of nitrogens with zero attached hydrogens (tertiary/aromatic N) is 2. The van der Waals surface area contributed by atoms with Crippen LogP contribution in [0.3, 0.4) is 0 Å². The van der Waals surface area contributed by atoms with E-state index in [9.17, 15) is 0 Å². The Morgan fingerprint density at radius 2 is 2.38 bits per heavy atom. The Hall–Kier alpha value is -0.810. The van der Waals surface area contributed by atoms with E-state index in [0.717, 1.165) is 41.1 Å². The fourth-order valence-corrected chi connectivity index (χ4v) is 2.38. The monoisotopic (exact) mass is 284 g/mol. The van der Waals surface area contributed by atoms with Crippen molar-refractivity contribution < 1.29 is 0 Å². The van der Waals surface area contributed by atoms with Crippen LogP contribution in [-0.4, -0.2) is 36.1 Å². The van der Waals surface area contributed by atoms with Crippen molar-refractivity contribution in [1.82, 2.24) is 9.88 Å². The molecule has 0 bridgehead atoms. The average molecular weight is 285 g/mol. The molecule has 0 aromatic carbocycles. The lowest BCUT2D eigenvalue weighted by Gasteiger charge is -2.16. The maximum absolute atomic E-state index is 5.79. The molecule has 1 aromatic rings. The fourth-order valence-electron chi connectivity index (χ4n) is 1.94. The summed E-state index contributed by atoms with van der Waals surface area (Å²) in [5.41, 5.74) is 7.56. The van der Waals surface area contributed by atoms with E-state index in [1.165, 1.54) is 0 Å². The maximum Gasteiger partial charge on any atom is 0.140 e. The molecular weight excluding hydrogens is 268 g/mol. The van der Waals surface area contributed by atoms with E-state index in [-0.39, 0.29) is 0 Å². The highest BCUT2D eigenvalue weighted by Gasteiger charge is 2.20. The van der Waals surface area contributed by atoms with E-state index in [1.54, 1.807) is 6.20 Å². The van der Waals surface area contributed by atoms with Crippen molar-refractivity contribution in [2.75, 3.05) is 31.2 Å². The molecule has 0 radical (unpaired) electrons. The first kappa shape index (κ1) is 11.7. The minimum absolute atomic E-state index is 0.483. The summed E-state index contributed by atoms with van der Waals surface area (Å²) in [5.74, 6) is 0.895. The standard InChI is InChI=1S/C11H17BrN4/c1-7-9(13)5-14-11(10(7)12)15-8-3-4-16(2)6-8/h5,8H,3-4,6,13H2,1-2H3,(H,14,15). The van der Waals surface area contributed by atoms with Crippen molar-refractivity contribution in [1.29, 1.82) is 0 Å². The molecule has 1 atom stereocenters. The number of nitrogen functional groups attached to an aromatic ring is 1. The molecule has 4 nitrogen and oxygen atoms in total. The molecule has 1 aromatic heterocycles. The van der Waals surface area contributed by atoms with Crippen LogP contribution in [0.1, 0.15) is 12.0 Å². The van der Waals surface area contributed by atoms with Crippen LogP contribution in [0.5, 0.6) is 0 Å². The zero-order valence-electron chi connectivity index (χ0n) is 9.63. The number of rotatable bonds is 2. The molecule has 1 aliphatic rings. The first-order valence-corrected chi connectivity index (χ1v) is 6.23. The number of anilines is 2. The molecule has 1 saturated heterocycles. The van der Waals surface area contributed by atoms with Gasteiger partial charge < -0.3 is 16.0 Å². The topological polar surface area (TPSA) is 54.2 Å². The molecule has 1 unspecified atom stereocenters. The maximum atomic E-state index is 5.79. The third-order valence-electron chi connectivity index (χ3n) is 3.04. The van der Waals surface area contributed by atoms with Crippen LogP contribution in [0, 0.1) is 6.92 Å². The van der Waals surface area contributed by atoms with E-state index in [0.29, 0.717) is 6.04 Å². The molecule has 1 fully saturated rings. The molecule has 16 heavy (non-hydrogen) atoms. The summed E-state index contributed by atoms with van der Waals surface area (Å²) >= 11 is 3.53. The summed E-state index contributed by atoms with van der Waals surface area (Å²) in [6.45, 7) is 4.20. The van der Waals surface area contributed by atoms with Gasteiger partial charge >= 0.3 is 0 Å². The Balaban J connectivity index is 2.13. The first-order valence-electron chi connectivity index (χ1n) is 5.43. The van der Waals surface area contributed by atoms with E-state index in [1.807, 2.05) is 6.92 Å². The molecule has 0 aliphatic carbocycles. The van der Waals surface area contributed by atoms with Crippen LogP contribution < -0.4 is 11.1 Å². The van der Waals surface area contributed by atoms with Gasteiger partial charge in [0.25, 0.3) is 0 Å². The highest BCUT2D eigenvalue weighted by atomic mass is 79.9. The minimum Gasteiger partial charge on any atom is -0.397 e. The molecule has 5 heteroatoms. The fraction of sp³-hybridized carbons (Fsp3) is 0.545. The lowest BCUT2D eigenvalue weighted by atomic mass is 10.2. The predicted molar refractivity (Wildman–Crippen MR) is 70.6 cm³/mol. The molecule has 2 heterocycles. The normalized spacial score (nSPS) is 21.3. The van der Waals surface area contributed by atoms with Gasteiger partial charge in [0.05, 0.1) is 16.4 Å². The van der Waals surface area contributed by atoms with Crippen molar-refractivity contribution in [3.63, 3.8) is 0 Å². The lowest BCUT2D eigenvalue weighted by Crippen LogP contribution is -2.24.